The van der Waals surface area contributed by atoms with Gasteiger partial charge in [0.25, 0.3) is 0 Å². The van der Waals surface area contributed by atoms with Crippen molar-refractivity contribution < 1.29 is 4.74 Å². The molecule has 1 saturated heterocycles. The first kappa shape index (κ1) is 21.0. The molecule has 0 amide bonds. The van der Waals surface area contributed by atoms with E-state index in [0.717, 1.165) is 40.2 Å². The third kappa shape index (κ3) is 3.91. The monoisotopic (exact) mass is 416 g/mol. The zero-order chi connectivity index (χ0) is 22.1. The Morgan fingerprint density at radius 3 is 2.87 bits per heavy atom. The average molecular weight is 417 g/mol. The van der Waals surface area contributed by atoms with Crippen molar-refractivity contribution in [2.45, 2.75) is 39.8 Å². The van der Waals surface area contributed by atoms with Crippen molar-refractivity contribution in [1.29, 1.82) is 5.26 Å². The molecule has 0 radical (unpaired) electrons. The normalized spacial score (nSPS) is 18.3. The van der Waals surface area contributed by atoms with Crippen LogP contribution in [0.1, 0.15) is 42.4 Å². The van der Waals surface area contributed by atoms with Gasteiger partial charge in [-0.3, -0.25) is 4.99 Å². The van der Waals surface area contributed by atoms with E-state index >= 15 is 0 Å². The summed E-state index contributed by atoms with van der Waals surface area (Å²) in [6.07, 6.45) is 1.91. The Labute approximate surface area is 182 Å². The molecule has 31 heavy (non-hydrogen) atoms. The van der Waals surface area contributed by atoms with E-state index in [1.807, 2.05) is 56.8 Å². The summed E-state index contributed by atoms with van der Waals surface area (Å²) in [4.78, 5) is 16.8. The van der Waals surface area contributed by atoms with E-state index in [-0.39, 0.29) is 12.1 Å². The number of fused-ring (bicyclic) bond motifs is 1. The lowest BCUT2D eigenvalue weighted by atomic mass is 9.98. The number of pyridine rings is 1. The van der Waals surface area contributed by atoms with Gasteiger partial charge in [0.15, 0.2) is 5.49 Å². The number of nitriles is 1. The molecule has 1 aromatic carbocycles. The summed E-state index contributed by atoms with van der Waals surface area (Å²) < 4.78 is 7.63. The zero-order valence-corrected chi connectivity index (χ0v) is 18.8. The van der Waals surface area contributed by atoms with Crippen molar-refractivity contribution in [3.63, 3.8) is 0 Å². The van der Waals surface area contributed by atoms with Crippen molar-refractivity contribution in [2.24, 2.45) is 12.0 Å². The van der Waals surface area contributed by atoms with Gasteiger partial charge in [-0.15, -0.1) is 0 Å². The van der Waals surface area contributed by atoms with Crippen molar-refractivity contribution in [3.8, 4) is 6.07 Å². The average Bonchev–Trinajstić information content (AvgIpc) is 2.77. The molecule has 2 atom stereocenters. The largest absolute Gasteiger partial charge is 0.377 e. The highest BCUT2D eigenvalue weighted by Crippen LogP contribution is 2.24. The van der Waals surface area contributed by atoms with Gasteiger partial charge in [0.2, 0.25) is 0 Å². The number of rotatable bonds is 3. The van der Waals surface area contributed by atoms with Crippen molar-refractivity contribution >= 4 is 16.7 Å². The van der Waals surface area contributed by atoms with Crippen LogP contribution in [0.15, 0.2) is 35.5 Å². The van der Waals surface area contributed by atoms with E-state index in [4.69, 9.17) is 19.7 Å². The summed E-state index contributed by atoms with van der Waals surface area (Å²) in [5.74, 6) is 1.79. The smallest absolute Gasteiger partial charge is 0.159 e. The maximum atomic E-state index is 9.38. The van der Waals surface area contributed by atoms with E-state index < -0.39 is 0 Å². The number of hydrogen-bond acceptors (Lipinski definition) is 6. The first-order valence-electron chi connectivity index (χ1n) is 10.6. The lowest BCUT2D eigenvalue weighted by Crippen LogP contribution is -2.44. The van der Waals surface area contributed by atoms with Crippen LogP contribution in [0.2, 0.25) is 0 Å². The molecule has 7 nitrogen and oxygen atoms in total. The summed E-state index contributed by atoms with van der Waals surface area (Å²) in [5, 5.41) is 10.4. The molecule has 1 fully saturated rings. The first-order valence-corrected chi connectivity index (χ1v) is 10.6. The molecule has 0 N–H and O–H groups in total. The highest BCUT2D eigenvalue weighted by atomic mass is 16.5. The predicted molar refractivity (Wildman–Crippen MR) is 121 cm³/mol. The standard InChI is InChI=1S/C24H28N6O/c1-15-14-31-10-9-30(15)23-11-21-22(13-26-23)29(5)18(4)28-24(21)27-17(3)20-8-6-7-19(12-25)16(20)2/h6-8,11,13,15,17H,9-10,14H2,1-5H3/b27-24-/t15-,17-/m1/s1. The maximum Gasteiger partial charge on any atom is 0.159 e. The first-order chi connectivity index (χ1) is 14.9. The Morgan fingerprint density at radius 1 is 1.32 bits per heavy atom. The summed E-state index contributed by atoms with van der Waals surface area (Å²) in [6, 6.07) is 10.3. The maximum absolute atomic E-state index is 9.38. The van der Waals surface area contributed by atoms with E-state index in [0.29, 0.717) is 24.3 Å². The van der Waals surface area contributed by atoms with Gasteiger partial charge in [0.05, 0.1) is 48.6 Å². The van der Waals surface area contributed by atoms with Crippen LogP contribution in [0.5, 0.6) is 0 Å². The van der Waals surface area contributed by atoms with Crippen LogP contribution in [-0.4, -0.2) is 40.3 Å². The molecule has 3 heterocycles. The number of ether oxygens (including phenoxy) is 1. The fourth-order valence-corrected chi connectivity index (χ4v) is 4.15. The molecular weight excluding hydrogens is 388 g/mol. The third-order valence-electron chi connectivity index (χ3n) is 6.15. The lowest BCUT2D eigenvalue weighted by Gasteiger charge is -2.34. The third-order valence-corrected chi connectivity index (χ3v) is 6.15. The molecule has 4 rings (SSSR count). The van der Waals surface area contributed by atoms with E-state index in [2.05, 4.69) is 24.0 Å². The fraction of sp³-hybridized carbons (Fsp3) is 0.417. The molecule has 7 heteroatoms. The van der Waals surface area contributed by atoms with Crippen molar-refractivity contribution in [3.05, 3.63) is 58.5 Å². The minimum atomic E-state index is -0.130. The second-order valence-corrected chi connectivity index (χ2v) is 8.16. The number of nitrogens with zero attached hydrogens (tertiary/aromatic N) is 6. The molecule has 2 aromatic heterocycles. The van der Waals surface area contributed by atoms with Gasteiger partial charge in [0.1, 0.15) is 11.6 Å². The van der Waals surface area contributed by atoms with E-state index in [1.54, 1.807) is 0 Å². The number of hydrogen-bond donors (Lipinski definition) is 0. The topological polar surface area (TPSA) is 79.3 Å². The zero-order valence-electron chi connectivity index (χ0n) is 18.8. The Bertz CT molecular complexity index is 1240. The van der Waals surface area contributed by atoms with Crippen LogP contribution < -0.4 is 10.4 Å². The highest BCUT2D eigenvalue weighted by Gasteiger charge is 2.21. The minimum absolute atomic E-state index is 0.130. The molecule has 160 valence electrons. The number of morpholine rings is 1. The van der Waals surface area contributed by atoms with E-state index in [1.165, 1.54) is 0 Å². The summed E-state index contributed by atoms with van der Waals surface area (Å²) in [5.41, 5.74) is 4.38. The predicted octanol–water partition coefficient (Wildman–Crippen LogP) is 3.34. The number of aryl methyl sites for hydroxylation is 2. The van der Waals surface area contributed by atoms with Gasteiger partial charge >= 0.3 is 0 Å². The fourth-order valence-electron chi connectivity index (χ4n) is 4.15. The van der Waals surface area contributed by atoms with Crippen LogP contribution >= 0.6 is 0 Å². The van der Waals surface area contributed by atoms with Crippen molar-refractivity contribution in [2.75, 3.05) is 24.7 Å². The van der Waals surface area contributed by atoms with Gasteiger partial charge in [-0.25, -0.2) is 9.97 Å². The number of anilines is 1. The number of benzene rings is 1. The van der Waals surface area contributed by atoms with Crippen LogP contribution in [0, 0.1) is 25.2 Å². The van der Waals surface area contributed by atoms with Crippen LogP contribution in [0.4, 0.5) is 5.82 Å². The quantitative estimate of drug-likeness (QED) is 0.654. The molecule has 0 bridgehead atoms. The second kappa shape index (κ2) is 8.48. The van der Waals surface area contributed by atoms with E-state index in [9.17, 15) is 5.26 Å². The summed E-state index contributed by atoms with van der Waals surface area (Å²) in [7, 11) is 2.00. The van der Waals surface area contributed by atoms with Crippen molar-refractivity contribution in [1.82, 2.24) is 14.5 Å². The second-order valence-electron chi connectivity index (χ2n) is 8.16. The Kier molecular flexibility index (Phi) is 5.75. The SMILES string of the molecule is Cc1c(C#N)cccc1[C@@H](C)/N=c1\nc(C)n(C)c2cnc(N3CCOC[C@H]3C)cc12. The Morgan fingerprint density at radius 2 is 2.13 bits per heavy atom. The van der Waals surface area contributed by atoms with Crippen LogP contribution in [-0.2, 0) is 11.8 Å². The molecule has 0 aliphatic carbocycles. The molecule has 1 aliphatic rings. The Balaban J connectivity index is 1.87. The molecule has 0 unspecified atom stereocenters. The lowest BCUT2D eigenvalue weighted by molar-refractivity contribution is 0.0985. The summed E-state index contributed by atoms with van der Waals surface area (Å²) in [6.45, 7) is 10.4. The van der Waals surface area contributed by atoms with Gasteiger partial charge < -0.3 is 14.2 Å². The Hall–Kier alpha value is -3.24. The molecule has 1 aliphatic heterocycles. The molecule has 3 aromatic rings. The highest BCUT2D eigenvalue weighted by molar-refractivity contribution is 5.80. The van der Waals surface area contributed by atoms with Gasteiger partial charge in [0, 0.05) is 19.0 Å². The minimum Gasteiger partial charge on any atom is -0.377 e. The van der Waals surface area contributed by atoms with Gasteiger partial charge in [-0.05, 0) is 51.0 Å². The number of aromatic nitrogens is 3. The molecule has 0 saturated carbocycles. The molecular formula is C24H28N6O. The molecule has 0 spiro atoms. The van der Waals surface area contributed by atoms with Gasteiger partial charge in [-0.1, -0.05) is 12.1 Å². The van der Waals surface area contributed by atoms with Crippen LogP contribution in [0.25, 0.3) is 10.9 Å². The summed E-state index contributed by atoms with van der Waals surface area (Å²) >= 11 is 0. The van der Waals surface area contributed by atoms with Crippen LogP contribution in [0.3, 0.4) is 0 Å². The van der Waals surface area contributed by atoms with Gasteiger partial charge in [-0.2, -0.15) is 5.26 Å².